The number of nitrogens with zero attached hydrogens (tertiary/aromatic N) is 1. The highest BCUT2D eigenvalue weighted by molar-refractivity contribution is 6.74. The van der Waals surface area contributed by atoms with E-state index in [1.54, 1.807) is 0 Å². The van der Waals surface area contributed by atoms with Crippen molar-refractivity contribution in [2.75, 3.05) is 26.2 Å². The topological polar surface area (TPSA) is 61.4 Å². The SMILES string of the molecule is CC(C)N(CC[C@H](c1ccccc1)c1cc(CCOc2ccc(CCNC[C@@H](O[Si](C)(C)C(C)(C)C)c3cc(OCc4ccccc4)cc(OCc4ccccc4)c3)cc2)ccc1OCc1ccccc1)C(C)C. The van der Waals surface area contributed by atoms with Crippen LogP contribution in [0, 0.1) is 0 Å². The molecule has 7 nitrogen and oxygen atoms in total. The van der Waals surface area contributed by atoms with Gasteiger partial charge in [0.2, 0.25) is 0 Å². The van der Waals surface area contributed by atoms with Gasteiger partial charge in [-0.1, -0.05) is 166 Å². The second-order valence-corrected chi connectivity index (χ2v) is 26.4. The molecule has 0 saturated carbocycles. The maximum atomic E-state index is 7.21. The molecule has 1 N–H and O–H groups in total. The van der Waals surface area contributed by atoms with E-state index >= 15 is 0 Å². The maximum absolute atomic E-state index is 7.21. The van der Waals surface area contributed by atoms with Gasteiger partial charge in [0, 0.05) is 42.6 Å². The molecule has 0 aromatic heterocycles. The van der Waals surface area contributed by atoms with Crippen molar-refractivity contribution in [3.8, 4) is 23.0 Å². The zero-order chi connectivity index (χ0) is 52.3. The molecule has 0 heterocycles. The minimum absolute atomic E-state index is 0.0305. The lowest BCUT2D eigenvalue weighted by Gasteiger charge is -2.39. The first kappa shape index (κ1) is 55.6. The molecule has 390 valence electrons. The van der Waals surface area contributed by atoms with Crippen LogP contribution in [0.4, 0.5) is 0 Å². The van der Waals surface area contributed by atoms with Crippen LogP contribution >= 0.6 is 0 Å². The molecule has 0 unspecified atom stereocenters. The number of hydrogen-bond donors (Lipinski definition) is 1. The highest BCUT2D eigenvalue weighted by Crippen LogP contribution is 2.41. The summed E-state index contributed by atoms with van der Waals surface area (Å²) in [5.41, 5.74) is 9.43. The minimum atomic E-state index is -2.19. The van der Waals surface area contributed by atoms with Crippen LogP contribution in [-0.2, 0) is 37.1 Å². The highest BCUT2D eigenvalue weighted by atomic mass is 28.4. The van der Waals surface area contributed by atoms with Crippen LogP contribution in [0.5, 0.6) is 23.0 Å². The van der Waals surface area contributed by atoms with Gasteiger partial charge in [-0.05, 0) is 141 Å². The summed E-state index contributed by atoms with van der Waals surface area (Å²) in [6.45, 7) is 25.2. The zero-order valence-corrected chi connectivity index (χ0v) is 46.7. The summed E-state index contributed by atoms with van der Waals surface area (Å²) in [7, 11) is -2.19. The summed E-state index contributed by atoms with van der Waals surface area (Å²) in [4.78, 5) is 2.59. The molecule has 0 aliphatic carbocycles. The number of nitrogens with one attached hydrogen (secondary N) is 1. The van der Waals surface area contributed by atoms with Crippen LogP contribution in [0.1, 0.15) is 111 Å². The van der Waals surface area contributed by atoms with E-state index < -0.39 is 8.32 Å². The van der Waals surface area contributed by atoms with Crippen molar-refractivity contribution in [3.63, 3.8) is 0 Å². The Morgan fingerprint density at radius 3 is 1.54 bits per heavy atom. The van der Waals surface area contributed by atoms with E-state index in [2.05, 4.69) is 205 Å². The summed E-state index contributed by atoms with van der Waals surface area (Å²) < 4.78 is 33.1. The van der Waals surface area contributed by atoms with Crippen LogP contribution in [0.2, 0.25) is 18.1 Å². The Kier molecular flexibility index (Phi) is 20.6. The van der Waals surface area contributed by atoms with Gasteiger partial charge < -0.3 is 28.7 Å². The lowest BCUT2D eigenvalue weighted by atomic mass is 9.86. The molecule has 7 rings (SSSR count). The van der Waals surface area contributed by atoms with Gasteiger partial charge in [0.05, 0.1) is 12.7 Å². The second kappa shape index (κ2) is 27.4. The molecule has 0 fully saturated rings. The molecule has 0 amide bonds. The molecule has 0 bridgehead atoms. The Bertz CT molecular complexity index is 2640. The Morgan fingerprint density at radius 1 is 0.500 bits per heavy atom. The monoisotopic (exact) mass is 1010 g/mol. The average Bonchev–Trinajstić information content (AvgIpc) is 3.40. The molecule has 0 saturated heterocycles. The Morgan fingerprint density at radius 2 is 1.01 bits per heavy atom. The Hall–Kier alpha value is -6.16. The first-order chi connectivity index (χ1) is 35.7. The normalized spacial score (nSPS) is 12.8. The van der Waals surface area contributed by atoms with E-state index in [1.807, 2.05) is 48.5 Å². The molecule has 8 heteroatoms. The summed E-state index contributed by atoms with van der Waals surface area (Å²) in [5.74, 6) is 3.50. The Labute approximate surface area is 445 Å². The lowest BCUT2D eigenvalue weighted by molar-refractivity contribution is 0.170. The van der Waals surface area contributed by atoms with E-state index in [9.17, 15) is 0 Å². The highest BCUT2D eigenvalue weighted by Gasteiger charge is 2.39. The van der Waals surface area contributed by atoms with Crippen LogP contribution in [-0.4, -0.2) is 51.5 Å². The first-order valence-electron chi connectivity index (χ1n) is 26.9. The van der Waals surface area contributed by atoms with E-state index in [4.69, 9.17) is 23.4 Å². The van der Waals surface area contributed by atoms with Gasteiger partial charge in [-0.25, -0.2) is 0 Å². The molecule has 0 spiro atoms. The molecule has 7 aromatic carbocycles. The largest absolute Gasteiger partial charge is 0.493 e. The van der Waals surface area contributed by atoms with E-state index in [-0.39, 0.29) is 17.1 Å². The van der Waals surface area contributed by atoms with Crippen LogP contribution < -0.4 is 24.3 Å². The number of benzene rings is 7. The van der Waals surface area contributed by atoms with Gasteiger partial charge >= 0.3 is 0 Å². The van der Waals surface area contributed by atoms with Gasteiger partial charge in [-0.3, -0.25) is 4.90 Å². The van der Waals surface area contributed by atoms with Gasteiger partial charge in [-0.2, -0.15) is 0 Å². The molecular weight excluding hydrogens is 929 g/mol. The first-order valence-corrected chi connectivity index (χ1v) is 29.8. The lowest BCUT2D eigenvalue weighted by Crippen LogP contribution is -2.43. The van der Waals surface area contributed by atoms with Gasteiger partial charge in [0.1, 0.15) is 42.8 Å². The summed E-state index contributed by atoms with van der Waals surface area (Å²) in [5, 5.41) is 3.80. The van der Waals surface area contributed by atoms with Crippen molar-refractivity contribution >= 4 is 8.32 Å². The van der Waals surface area contributed by atoms with Crippen molar-refractivity contribution in [2.45, 2.75) is 130 Å². The quantitative estimate of drug-likeness (QED) is 0.0387. The number of hydrogen-bond acceptors (Lipinski definition) is 7. The summed E-state index contributed by atoms with van der Waals surface area (Å²) >= 11 is 0. The summed E-state index contributed by atoms with van der Waals surface area (Å²) in [6.07, 6.45) is 2.43. The number of ether oxygens (including phenoxy) is 4. The third-order valence-corrected chi connectivity index (χ3v) is 18.9. The number of rotatable bonds is 28. The zero-order valence-electron chi connectivity index (χ0n) is 45.7. The molecule has 7 aromatic rings. The summed E-state index contributed by atoms with van der Waals surface area (Å²) in [6, 6.07) is 64.4. The maximum Gasteiger partial charge on any atom is 0.192 e. The smallest absolute Gasteiger partial charge is 0.192 e. The van der Waals surface area contributed by atoms with Crippen molar-refractivity contribution in [2.24, 2.45) is 0 Å². The minimum Gasteiger partial charge on any atom is -0.493 e. The van der Waals surface area contributed by atoms with Crippen molar-refractivity contribution in [1.82, 2.24) is 10.2 Å². The van der Waals surface area contributed by atoms with Crippen molar-refractivity contribution in [1.29, 1.82) is 0 Å². The predicted molar refractivity (Wildman–Crippen MR) is 308 cm³/mol. The van der Waals surface area contributed by atoms with E-state index in [0.29, 0.717) is 45.1 Å². The van der Waals surface area contributed by atoms with Crippen molar-refractivity contribution in [3.05, 3.63) is 226 Å². The van der Waals surface area contributed by atoms with Gasteiger partial charge in [-0.15, -0.1) is 0 Å². The fourth-order valence-corrected chi connectivity index (χ4v) is 10.4. The standard InChI is InChI=1S/C66H82N2O5Si/c1-50(2)68(51(3)4)40-37-62(57-28-20-13-21-29-57)63-42-53(32-35-64(63)72-49-56-26-18-12-19-27-56)38-41-69-59-33-30-52(31-34-59)36-39-67-46-65(73-74(8,9)66(5,6)7)58-43-60(70-47-54-22-14-10-15-23-54)45-61(44-58)71-48-55-24-16-11-17-25-55/h10-35,42-45,50-51,62,65,67H,36-41,46-49H2,1-9H3/t62-,65-/m1/s1. The van der Waals surface area contributed by atoms with E-state index in [0.717, 1.165) is 77.6 Å². The van der Waals surface area contributed by atoms with Gasteiger partial charge in [0.15, 0.2) is 8.32 Å². The average molecular weight is 1010 g/mol. The fraction of sp³-hybridized carbons (Fsp3) is 0.364. The van der Waals surface area contributed by atoms with Crippen molar-refractivity contribution < 1.29 is 23.4 Å². The van der Waals surface area contributed by atoms with Gasteiger partial charge in [0.25, 0.3) is 0 Å². The van der Waals surface area contributed by atoms with Crippen LogP contribution in [0.3, 0.4) is 0 Å². The molecule has 0 aliphatic rings. The fourth-order valence-electron chi connectivity index (χ4n) is 9.16. The third-order valence-electron chi connectivity index (χ3n) is 14.4. The predicted octanol–water partition coefficient (Wildman–Crippen LogP) is 15.6. The van der Waals surface area contributed by atoms with E-state index in [1.165, 1.54) is 22.3 Å². The Balaban J connectivity index is 1.000. The van der Waals surface area contributed by atoms with Crippen LogP contribution in [0.25, 0.3) is 0 Å². The molecule has 74 heavy (non-hydrogen) atoms. The molecule has 2 atom stereocenters. The third kappa shape index (κ3) is 16.9. The molecule has 0 radical (unpaired) electrons. The molecule has 0 aliphatic heterocycles. The second-order valence-electron chi connectivity index (χ2n) is 21.7. The van der Waals surface area contributed by atoms with Crippen LogP contribution in [0.15, 0.2) is 182 Å². The molecular formula is C66H82N2O5Si.